The van der Waals surface area contributed by atoms with Crippen molar-refractivity contribution in [3.8, 4) is 17.2 Å². The number of aryl methyl sites for hydroxylation is 2. The van der Waals surface area contributed by atoms with Crippen molar-refractivity contribution in [2.24, 2.45) is 0 Å². The maximum absolute atomic E-state index is 14.0. The van der Waals surface area contributed by atoms with E-state index in [1.165, 1.54) is 33.3 Å². The summed E-state index contributed by atoms with van der Waals surface area (Å²) >= 11 is 6.10. The summed E-state index contributed by atoms with van der Waals surface area (Å²) in [4.78, 5) is 57.0. The zero-order valence-corrected chi connectivity index (χ0v) is 39.1. The van der Waals surface area contributed by atoms with Gasteiger partial charge in [0.15, 0.2) is 0 Å². The molecule has 0 radical (unpaired) electrons. The Hall–Kier alpha value is -6.92. The number of fused-ring (bicyclic) bond motifs is 5. The summed E-state index contributed by atoms with van der Waals surface area (Å²) in [5, 5.41) is 20.2. The van der Waals surface area contributed by atoms with Gasteiger partial charge in [0.05, 0.1) is 30.2 Å². The van der Waals surface area contributed by atoms with Crippen molar-refractivity contribution in [3.05, 3.63) is 150 Å². The summed E-state index contributed by atoms with van der Waals surface area (Å²) in [5.74, 6) is 0.391. The molecule has 6 aromatic rings. The van der Waals surface area contributed by atoms with E-state index >= 15 is 0 Å². The fourth-order valence-electron chi connectivity index (χ4n) is 11.5. The fraction of sp³-hybridized carbons (Fsp3) is 0.327. The number of anilines is 1. The van der Waals surface area contributed by atoms with Crippen LogP contribution >= 0.6 is 11.6 Å². The molecule has 13 heteroatoms. The van der Waals surface area contributed by atoms with Gasteiger partial charge in [-0.2, -0.15) is 0 Å². The smallest absolute Gasteiger partial charge is 0.336 e. The standard InChI is InChI=1S/C55H52ClN5O7/c1-31-41(42-29-37(67-2)17-19-46(42)61(31)54(64)32-12-15-36(56)16-13-32)30-47(62)57-20-7-21-58-53(63)35-14-18-38(55(65)66)43(28-35)48-44-26-33-8-3-22-59-24-5-10-39(49(33)59)51(44)68-52-40-11-6-25-60-23-4-9-34(50(40)60)27-45(48)52/h12-19,26-29H,3-11,20-25,30H2,1-2H3,(H2-,57,58,62,63,65,66)/p+1. The number of aromatic nitrogens is 1. The van der Waals surface area contributed by atoms with E-state index < -0.39 is 5.97 Å². The molecule has 346 valence electrons. The zero-order chi connectivity index (χ0) is 46.8. The number of methoxy groups -OCH3 is 1. The number of amides is 2. The molecule has 0 fully saturated rings. The predicted molar refractivity (Wildman–Crippen MR) is 262 cm³/mol. The molecule has 6 heterocycles. The summed E-state index contributed by atoms with van der Waals surface area (Å²) in [6.07, 6.45) is 8.29. The Balaban J connectivity index is 0.863. The van der Waals surface area contributed by atoms with Gasteiger partial charge in [-0.15, -0.1) is 0 Å². The molecular weight excluding hydrogens is 878 g/mol. The number of rotatable bonds is 11. The average molecular weight is 932 g/mol. The highest BCUT2D eigenvalue weighted by Gasteiger charge is 2.37. The van der Waals surface area contributed by atoms with Gasteiger partial charge in [-0.1, -0.05) is 11.6 Å². The highest BCUT2D eigenvalue weighted by atomic mass is 35.5. The average Bonchev–Trinajstić information content (AvgIpc) is 3.62. The van der Waals surface area contributed by atoms with Crippen LogP contribution in [0.15, 0.2) is 72.8 Å². The van der Waals surface area contributed by atoms with Crippen LogP contribution in [0.5, 0.6) is 17.2 Å². The van der Waals surface area contributed by atoms with Gasteiger partial charge in [-0.25, -0.2) is 9.37 Å². The molecule has 1 aromatic heterocycles. The van der Waals surface area contributed by atoms with Crippen molar-refractivity contribution in [3.63, 3.8) is 0 Å². The third kappa shape index (κ3) is 7.49. The van der Waals surface area contributed by atoms with E-state index in [1.807, 2.05) is 19.1 Å². The van der Waals surface area contributed by atoms with Crippen LogP contribution in [-0.2, 0) is 36.9 Å². The summed E-state index contributed by atoms with van der Waals surface area (Å²) in [6.45, 7) is 6.47. The first-order valence-electron chi connectivity index (χ1n) is 23.9. The van der Waals surface area contributed by atoms with Crippen LogP contribution < -0.4 is 40.2 Å². The van der Waals surface area contributed by atoms with Crippen molar-refractivity contribution in [1.29, 1.82) is 0 Å². The van der Waals surface area contributed by atoms with E-state index in [2.05, 4.69) is 32.2 Å². The van der Waals surface area contributed by atoms with E-state index in [4.69, 9.17) is 21.1 Å². The lowest BCUT2D eigenvalue weighted by Crippen LogP contribution is -2.45. The third-order valence-corrected chi connectivity index (χ3v) is 14.9. The Morgan fingerprint density at radius 3 is 2.32 bits per heavy atom. The van der Waals surface area contributed by atoms with Gasteiger partial charge in [0, 0.05) is 99.4 Å². The highest BCUT2D eigenvalue weighted by molar-refractivity contribution is 6.30. The van der Waals surface area contributed by atoms with E-state index in [-0.39, 0.29) is 36.3 Å². The highest BCUT2D eigenvalue weighted by Crippen LogP contribution is 2.49. The normalized spacial score (nSPS) is 15.4. The summed E-state index contributed by atoms with van der Waals surface area (Å²) in [5.41, 5.74) is 11.4. The molecule has 5 aromatic carbocycles. The second kappa shape index (κ2) is 17.6. The first-order chi connectivity index (χ1) is 33.1. The van der Waals surface area contributed by atoms with Gasteiger partial charge in [0.25, 0.3) is 11.8 Å². The monoisotopic (exact) mass is 930 g/mol. The number of ether oxygens (including phenoxy) is 2. The Kier molecular flexibility index (Phi) is 11.3. The first-order valence-corrected chi connectivity index (χ1v) is 24.3. The Labute approximate surface area is 398 Å². The minimum Gasteiger partial charge on any atom is -0.497 e. The van der Waals surface area contributed by atoms with Crippen molar-refractivity contribution < 1.29 is 33.8 Å². The van der Waals surface area contributed by atoms with Crippen LogP contribution in [0.25, 0.3) is 16.5 Å². The third-order valence-electron chi connectivity index (χ3n) is 14.6. The maximum Gasteiger partial charge on any atom is 0.336 e. The fourth-order valence-corrected chi connectivity index (χ4v) is 11.6. The number of halogens is 1. The van der Waals surface area contributed by atoms with Crippen LogP contribution in [-0.4, -0.2) is 79.7 Å². The Morgan fingerprint density at radius 1 is 0.794 bits per heavy atom. The molecule has 12 nitrogen and oxygen atoms in total. The topological polar surface area (TPSA) is 142 Å². The van der Waals surface area contributed by atoms with Crippen molar-refractivity contribution in [2.75, 3.05) is 51.3 Å². The van der Waals surface area contributed by atoms with Gasteiger partial charge in [-0.05, 0) is 141 Å². The largest absolute Gasteiger partial charge is 0.497 e. The molecule has 0 atom stereocenters. The summed E-state index contributed by atoms with van der Waals surface area (Å²) in [7, 11) is 1.57. The van der Waals surface area contributed by atoms with Gasteiger partial charge in [0.1, 0.15) is 30.3 Å². The zero-order valence-electron chi connectivity index (χ0n) is 38.4. The number of nitrogens with zero attached hydrogens (tertiary/aromatic N) is 3. The second-order valence-corrected chi connectivity index (χ2v) is 19.1. The number of aromatic carboxylic acids is 1. The molecule has 0 saturated carbocycles. The number of nitrogens with one attached hydrogen (secondary N) is 2. The molecule has 11 rings (SSSR count). The molecule has 5 aliphatic heterocycles. The molecule has 2 amide bonds. The Bertz CT molecular complexity index is 3280. The van der Waals surface area contributed by atoms with Crippen LogP contribution in [0, 0.1) is 6.92 Å². The van der Waals surface area contributed by atoms with Gasteiger partial charge >= 0.3 is 5.97 Å². The van der Waals surface area contributed by atoms with Gasteiger partial charge < -0.3 is 30.1 Å². The minimum atomic E-state index is -1.06. The second-order valence-electron chi connectivity index (χ2n) is 18.6. The first kappa shape index (κ1) is 43.6. The van der Waals surface area contributed by atoms with Crippen LogP contribution in [0.2, 0.25) is 5.02 Å². The maximum atomic E-state index is 14.0. The Morgan fingerprint density at radius 2 is 1.53 bits per heavy atom. The number of carbonyl (C=O) groups excluding carboxylic acids is 3. The van der Waals surface area contributed by atoms with Crippen LogP contribution in [0.1, 0.15) is 108 Å². The van der Waals surface area contributed by atoms with Crippen LogP contribution in [0.4, 0.5) is 5.69 Å². The summed E-state index contributed by atoms with van der Waals surface area (Å²) < 4.78 is 16.8. The lowest BCUT2D eigenvalue weighted by molar-refractivity contribution is -0.120. The number of benzene rings is 5. The van der Waals surface area contributed by atoms with Crippen LogP contribution in [0.3, 0.4) is 0 Å². The lowest BCUT2D eigenvalue weighted by Gasteiger charge is -2.39. The van der Waals surface area contributed by atoms with E-state index in [0.717, 1.165) is 111 Å². The molecule has 0 aliphatic carbocycles. The number of carboxylic acid groups (broad SMARTS) is 1. The molecule has 3 N–H and O–H groups in total. The summed E-state index contributed by atoms with van der Waals surface area (Å²) in [6, 6.07) is 21.5. The molecule has 68 heavy (non-hydrogen) atoms. The van der Waals surface area contributed by atoms with E-state index in [1.54, 1.807) is 60.2 Å². The van der Waals surface area contributed by atoms with Crippen molar-refractivity contribution in [1.82, 2.24) is 19.8 Å². The number of carbonyl (C=O) groups is 4. The van der Waals surface area contributed by atoms with Gasteiger partial charge in [-0.3, -0.25) is 19.0 Å². The van der Waals surface area contributed by atoms with E-state index in [0.29, 0.717) is 57.2 Å². The van der Waals surface area contributed by atoms with Crippen molar-refractivity contribution in [2.45, 2.75) is 71.1 Å². The number of hydrogen-bond donors (Lipinski definition) is 3. The molecular formula is C55H53ClN5O7+. The number of hydrogen-bond acceptors (Lipinski definition) is 7. The number of carboxylic acids is 1. The minimum absolute atomic E-state index is 0.0305. The quantitative estimate of drug-likeness (QED) is 0.0940. The van der Waals surface area contributed by atoms with E-state index in [9.17, 15) is 24.3 Å². The SMILES string of the molecule is COc1ccc2c(c1)c(CC(=O)NCCCNC(=O)c1ccc(C(=O)O)c(C3=c4cc5c6c(c4Oc4c3cc3c7c4CCCN7CCC3)CCC[N+]=6CCC5)c1)c(C)n2C(=O)c1ccc(Cl)cc1. The molecule has 0 bridgehead atoms. The predicted octanol–water partition coefficient (Wildman–Crippen LogP) is 6.91. The molecule has 0 spiro atoms. The molecule has 0 unspecified atom stereocenters. The molecule has 0 saturated heterocycles. The van der Waals surface area contributed by atoms with Gasteiger partial charge in [0.2, 0.25) is 11.3 Å². The lowest BCUT2D eigenvalue weighted by atomic mass is 9.81. The molecule has 5 aliphatic rings. The van der Waals surface area contributed by atoms with Crippen molar-refractivity contribution >= 4 is 57.5 Å².